The summed E-state index contributed by atoms with van der Waals surface area (Å²) in [4.78, 5) is 37.1. The van der Waals surface area contributed by atoms with Crippen LogP contribution in [0, 0.1) is 0 Å². The summed E-state index contributed by atoms with van der Waals surface area (Å²) in [6.45, 7) is 1.17. The number of Topliss-reactive ketones (excluding diaryl/α,β-unsaturated/α-hetero) is 1. The van der Waals surface area contributed by atoms with Gasteiger partial charge in [-0.25, -0.2) is 4.79 Å². The zero-order valence-electron chi connectivity index (χ0n) is 16.5. The molecule has 1 heterocycles. The van der Waals surface area contributed by atoms with E-state index in [1.165, 1.54) is 6.92 Å². The minimum absolute atomic E-state index is 0.0700. The third kappa shape index (κ3) is 4.30. The molecule has 0 spiro atoms. The molecule has 2 unspecified atom stereocenters. The molecular formula is C20H19NO10S. The molecule has 170 valence electrons. The van der Waals surface area contributed by atoms with E-state index in [0.29, 0.717) is 0 Å². The second-order valence-corrected chi connectivity index (χ2v) is 7.31. The van der Waals surface area contributed by atoms with Crippen molar-refractivity contribution in [2.24, 2.45) is 0 Å². The molecule has 32 heavy (non-hydrogen) atoms. The number of benzene rings is 2. The number of phenols is 5. The fourth-order valence-corrected chi connectivity index (χ4v) is 3.43. The smallest absolute Gasteiger partial charge is 0.330 e. The summed E-state index contributed by atoms with van der Waals surface area (Å²) in [6, 6.07) is 2.69. The number of aromatic hydroxyl groups is 5. The van der Waals surface area contributed by atoms with E-state index >= 15 is 0 Å². The van der Waals surface area contributed by atoms with Gasteiger partial charge in [-0.15, -0.1) is 0 Å². The molecule has 2 aromatic carbocycles. The van der Waals surface area contributed by atoms with Gasteiger partial charge in [0.25, 0.3) is 0 Å². The van der Waals surface area contributed by atoms with Gasteiger partial charge in [0.2, 0.25) is 17.8 Å². The number of hydrogen-bond acceptors (Lipinski definition) is 11. The third-order valence-corrected chi connectivity index (χ3v) is 4.97. The molecule has 0 fully saturated rings. The van der Waals surface area contributed by atoms with Crippen LogP contribution in [0.4, 0.5) is 0 Å². The lowest BCUT2D eigenvalue weighted by Gasteiger charge is -2.33. The highest BCUT2D eigenvalue weighted by Gasteiger charge is 2.44. The van der Waals surface area contributed by atoms with Gasteiger partial charge in [-0.2, -0.15) is 12.6 Å². The number of phenolic OH excluding ortho intramolecular Hbond substituents is 5. The van der Waals surface area contributed by atoms with Crippen molar-refractivity contribution in [2.75, 3.05) is 5.75 Å². The molecule has 0 aromatic heterocycles. The van der Waals surface area contributed by atoms with Crippen molar-refractivity contribution < 1.29 is 49.4 Å². The maximum atomic E-state index is 13.2. The first kappa shape index (κ1) is 22.9. The van der Waals surface area contributed by atoms with Gasteiger partial charge >= 0.3 is 5.97 Å². The number of nitrogens with one attached hydrogen (secondary N) is 1. The molecule has 3 rings (SSSR count). The molecular weight excluding hydrogens is 446 g/mol. The minimum atomic E-state index is -1.73. The molecule has 6 N–H and O–H groups in total. The Morgan fingerprint density at radius 3 is 2.28 bits per heavy atom. The number of ketones is 1. The summed E-state index contributed by atoms with van der Waals surface area (Å²) in [5.41, 5.74) is -0.439. The van der Waals surface area contributed by atoms with E-state index in [1.54, 1.807) is 0 Å². The van der Waals surface area contributed by atoms with Gasteiger partial charge in [-0.3, -0.25) is 9.59 Å². The number of carbonyl (C=O) groups is 3. The average molecular weight is 465 g/mol. The molecule has 0 saturated heterocycles. The number of ether oxygens (including phenoxy) is 2. The highest BCUT2D eigenvalue weighted by molar-refractivity contribution is 7.80. The first-order chi connectivity index (χ1) is 15.0. The summed E-state index contributed by atoms with van der Waals surface area (Å²) < 4.78 is 11.0. The van der Waals surface area contributed by atoms with Gasteiger partial charge in [0.05, 0.1) is 0 Å². The lowest BCUT2D eigenvalue weighted by molar-refractivity contribution is -0.154. The van der Waals surface area contributed by atoms with Crippen molar-refractivity contribution in [3.8, 4) is 34.5 Å². The predicted octanol–water partition coefficient (Wildman–Crippen LogP) is 0.877. The Labute approximate surface area is 186 Å². The van der Waals surface area contributed by atoms with Gasteiger partial charge in [0.15, 0.2) is 23.4 Å². The van der Waals surface area contributed by atoms with Crippen molar-refractivity contribution in [3.63, 3.8) is 0 Å². The molecule has 1 amide bonds. The van der Waals surface area contributed by atoms with Crippen LogP contribution >= 0.6 is 12.6 Å². The van der Waals surface area contributed by atoms with E-state index in [-0.39, 0.29) is 22.6 Å². The Bertz CT molecular complexity index is 1080. The highest BCUT2D eigenvalue weighted by Crippen LogP contribution is 2.45. The zero-order chi connectivity index (χ0) is 23.7. The zero-order valence-corrected chi connectivity index (χ0v) is 17.4. The molecule has 0 saturated carbocycles. The molecule has 2 aromatic rings. The molecule has 1 aliphatic rings. The Morgan fingerprint density at radius 2 is 1.72 bits per heavy atom. The van der Waals surface area contributed by atoms with Gasteiger partial charge in [0.1, 0.15) is 28.9 Å². The van der Waals surface area contributed by atoms with E-state index < -0.39 is 64.7 Å². The number of fused-ring (bicyclic) bond motifs is 1. The van der Waals surface area contributed by atoms with Crippen LogP contribution in [0.3, 0.4) is 0 Å². The lowest BCUT2D eigenvalue weighted by Crippen LogP contribution is -2.47. The summed E-state index contributed by atoms with van der Waals surface area (Å²) in [7, 11) is 0. The molecule has 12 heteroatoms. The molecule has 0 aliphatic carbocycles. The molecule has 0 radical (unpaired) electrons. The number of rotatable bonds is 5. The van der Waals surface area contributed by atoms with Gasteiger partial charge in [0, 0.05) is 30.4 Å². The second-order valence-electron chi connectivity index (χ2n) is 6.94. The van der Waals surface area contributed by atoms with Crippen LogP contribution in [-0.2, 0) is 14.3 Å². The standard InChI is InChI=1S/C20H19NO10S/c1-7(22)21-10(6-32)20(29)31-19-17(28)15-11(24)4-9(23)5-14(15)30-18(19)8-2-12(25)16(27)13(26)3-8/h2-5,10,18-19,23-27,32H,6H2,1H3,(H,21,22)/t10-,18?,19?/m0/s1. The van der Waals surface area contributed by atoms with Crippen LogP contribution in [-0.4, -0.2) is 61.1 Å². The van der Waals surface area contributed by atoms with Crippen LogP contribution in [0.5, 0.6) is 34.5 Å². The maximum absolute atomic E-state index is 13.2. The van der Waals surface area contributed by atoms with E-state index in [1.807, 2.05) is 0 Å². The van der Waals surface area contributed by atoms with Crippen molar-refractivity contribution in [3.05, 3.63) is 35.4 Å². The van der Waals surface area contributed by atoms with Crippen molar-refractivity contribution >= 4 is 30.3 Å². The predicted molar refractivity (Wildman–Crippen MR) is 110 cm³/mol. The quantitative estimate of drug-likeness (QED) is 0.190. The van der Waals surface area contributed by atoms with Crippen LogP contribution in [0.15, 0.2) is 24.3 Å². The fraction of sp³-hybridized carbons (Fsp3) is 0.250. The Morgan fingerprint density at radius 1 is 1.09 bits per heavy atom. The average Bonchev–Trinajstić information content (AvgIpc) is 2.70. The summed E-state index contributed by atoms with van der Waals surface area (Å²) in [5, 5.41) is 51.5. The maximum Gasteiger partial charge on any atom is 0.330 e. The van der Waals surface area contributed by atoms with Gasteiger partial charge in [-0.05, 0) is 12.1 Å². The van der Waals surface area contributed by atoms with E-state index in [2.05, 4.69) is 17.9 Å². The highest BCUT2D eigenvalue weighted by atomic mass is 32.1. The van der Waals surface area contributed by atoms with Crippen LogP contribution in [0.25, 0.3) is 0 Å². The third-order valence-electron chi connectivity index (χ3n) is 4.61. The molecule has 1 aliphatic heterocycles. The normalized spacial score (nSPS) is 18.2. The Kier molecular flexibility index (Phi) is 6.25. The summed E-state index contributed by atoms with van der Waals surface area (Å²) >= 11 is 3.98. The van der Waals surface area contributed by atoms with Crippen molar-refractivity contribution in [1.82, 2.24) is 5.32 Å². The van der Waals surface area contributed by atoms with E-state index in [0.717, 1.165) is 24.3 Å². The van der Waals surface area contributed by atoms with Crippen molar-refractivity contribution in [1.29, 1.82) is 0 Å². The van der Waals surface area contributed by atoms with Crippen LogP contribution in [0.2, 0.25) is 0 Å². The van der Waals surface area contributed by atoms with Crippen LogP contribution in [0.1, 0.15) is 28.9 Å². The summed E-state index contributed by atoms with van der Waals surface area (Å²) in [6.07, 6.45) is -3.19. The van der Waals surface area contributed by atoms with E-state index in [4.69, 9.17) is 9.47 Å². The topological polar surface area (TPSA) is 183 Å². The first-order valence-electron chi connectivity index (χ1n) is 9.13. The molecule has 3 atom stereocenters. The lowest BCUT2D eigenvalue weighted by atomic mass is 9.92. The molecule has 0 bridgehead atoms. The fourth-order valence-electron chi connectivity index (χ4n) is 3.19. The Balaban J connectivity index is 2.08. The number of hydrogen-bond donors (Lipinski definition) is 7. The van der Waals surface area contributed by atoms with Gasteiger partial charge < -0.3 is 40.3 Å². The number of carbonyl (C=O) groups excluding carboxylic acids is 3. The monoisotopic (exact) mass is 465 g/mol. The van der Waals surface area contributed by atoms with E-state index in [9.17, 15) is 39.9 Å². The number of amides is 1. The minimum Gasteiger partial charge on any atom is -0.508 e. The number of esters is 1. The summed E-state index contributed by atoms with van der Waals surface area (Å²) in [5.74, 6) is -6.23. The van der Waals surface area contributed by atoms with Crippen LogP contribution < -0.4 is 10.1 Å². The SMILES string of the molecule is CC(=O)N[C@@H](CS)C(=O)OC1C(=O)c2c(O)cc(O)cc2OC1c1cc(O)c(O)c(O)c1. The first-order valence-corrected chi connectivity index (χ1v) is 9.76. The van der Waals surface area contributed by atoms with Crippen molar-refractivity contribution in [2.45, 2.75) is 25.2 Å². The Hall–Kier alpha value is -3.80. The largest absolute Gasteiger partial charge is 0.508 e. The number of thiol groups is 1. The second kappa shape index (κ2) is 8.75. The van der Waals surface area contributed by atoms with Gasteiger partial charge in [-0.1, -0.05) is 0 Å². The molecule has 11 nitrogen and oxygen atoms in total.